The summed E-state index contributed by atoms with van der Waals surface area (Å²) in [5, 5.41) is 0. The molecule has 0 radical (unpaired) electrons. The Balaban J connectivity index is 0.00000242. The first-order valence-electron chi connectivity index (χ1n) is 6.86. The van der Waals surface area contributed by atoms with E-state index in [0.717, 1.165) is 17.7 Å². The summed E-state index contributed by atoms with van der Waals surface area (Å²) in [6.07, 6.45) is 0.0516. The minimum Gasteiger partial charge on any atom is -0.445 e. The van der Waals surface area contributed by atoms with Crippen LogP contribution in [0, 0.1) is 0 Å². The van der Waals surface area contributed by atoms with Crippen LogP contribution in [0.3, 0.4) is 0 Å². The molecule has 0 saturated heterocycles. The summed E-state index contributed by atoms with van der Waals surface area (Å²) >= 11 is 0. The van der Waals surface area contributed by atoms with Gasteiger partial charge in [0.05, 0.1) is 0 Å². The number of carbonyl (C=O) groups is 1. The van der Waals surface area contributed by atoms with Gasteiger partial charge in [-0.25, -0.2) is 4.79 Å². The van der Waals surface area contributed by atoms with Crippen molar-refractivity contribution in [3.8, 4) is 0 Å². The quantitative estimate of drug-likeness (QED) is 0.676. The molecule has 3 nitrogen and oxygen atoms in total. The Morgan fingerprint density at radius 1 is 1.23 bits per heavy atom. The van der Waals surface area contributed by atoms with Crippen LogP contribution in [0.5, 0.6) is 0 Å². The molecule has 1 aromatic carbocycles. The van der Waals surface area contributed by atoms with E-state index in [1.54, 1.807) is 20.8 Å². The molecule has 1 heterocycles. The van der Waals surface area contributed by atoms with Crippen LogP contribution in [-0.2, 0) is 17.7 Å². The molecule has 116 valence electrons. The smallest absolute Gasteiger partial charge is 0.445 e. The summed E-state index contributed by atoms with van der Waals surface area (Å²) in [6.45, 7) is 0.864. The third kappa shape index (κ3) is 5.26. The van der Waals surface area contributed by atoms with Gasteiger partial charge in [-0.3, -0.25) is 0 Å². The number of halogens is 3. The van der Waals surface area contributed by atoms with E-state index < -0.39 is 24.1 Å². The third-order valence-corrected chi connectivity index (χ3v) is 3.27. The van der Waals surface area contributed by atoms with Gasteiger partial charge in [-0.05, 0) is 38.3 Å². The van der Waals surface area contributed by atoms with Gasteiger partial charge in [-0.1, -0.05) is 18.2 Å². The standard InChI is InChI=1S/C14H18BF3NO2.K/c1-14(2,3)21-13(20)19-7-6-10-4-5-12(15(16,17)18)8-11(10)9-19;/h4-5,8H,6-7,9H2,1-3H3;/q-1;+1. The van der Waals surface area contributed by atoms with Gasteiger partial charge in [0.2, 0.25) is 0 Å². The number of hydrogen-bond acceptors (Lipinski definition) is 2. The molecular weight excluding hydrogens is 321 g/mol. The number of amides is 1. The summed E-state index contributed by atoms with van der Waals surface area (Å²) in [5.41, 5.74) is 0.163. The molecule has 8 heteroatoms. The molecule has 0 saturated carbocycles. The van der Waals surface area contributed by atoms with E-state index in [9.17, 15) is 17.7 Å². The van der Waals surface area contributed by atoms with Crippen molar-refractivity contribution >= 4 is 18.5 Å². The summed E-state index contributed by atoms with van der Waals surface area (Å²) in [4.78, 5) is 13.4. The number of ether oxygens (including phenoxy) is 1. The van der Waals surface area contributed by atoms with E-state index in [2.05, 4.69) is 0 Å². The maximum Gasteiger partial charge on any atom is 1.00 e. The first-order valence-corrected chi connectivity index (χ1v) is 6.86. The molecule has 2 rings (SSSR count). The monoisotopic (exact) mass is 339 g/mol. The van der Waals surface area contributed by atoms with Gasteiger partial charge in [0.1, 0.15) is 5.60 Å². The maximum atomic E-state index is 12.8. The second-order valence-electron chi connectivity index (χ2n) is 6.25. The zero-order chi connectivity index (χ0) is 15.8. The Labute approximate surface area is 171 Å². The number of fused-ring (bicyclic) bond motifs is 1. The van der Waals surface area contributed by atoms with Crippen LogP contribution < -0.4 is 56.8 Å². The van der Waals surface area contributed by atoms with Crippen molar-refractivity contribution in [2.24, 2.45) is 0 Å². The number of hydrogen-bond donors (Lipinski definition) is 0. The molecule has 0 aromatic heterocycles. The number of rotatable bonds is 1. The Kier molecular flexibility index (Phi) is 6.60. The minimum absolute atomic E-state index is 0. The van der Waals surface area contributed by atoms with Gasteiger partial charge in [0.25, 0.3) is 0 Å². The van der Waals surface area contributed by atoms with Crippen molar-refractivity contribution < 1.29 is 73.9 Å². The van der Waals surface area contributed by atoms with Crippen LogP contribution in [0.2, 0.25) is 0 Å². The molecular formula is C14H18BF3KNO2. The van der Waals surface area contributed by atoms with E-state index >= 15 is 0 Å². The fourth-order valence-electron chi connectivity index (χ4n) is 2.26. The first kappa shape index (κ1) is 20.0. The van der Waals surface area contributed by atoms with Crippen LogP contribution in [0.4, 0.5) is 17.7 Å². The van der Waals surface area contributed by atoms with Crippen molar-refractivity contribution in [1.82, 2.24) is 4.90 Å². The zero-order valence-corrected chi connectivity index (χ0v) is 16.5. The molecule has 0 N–H and O–H groups in total. The van der Waals surface area contributed by atoms with Crippen molar-refractivity contribution in [2.45, 2.75) is 39.3 Å². The predicted molar refractivity (Wildman–Crippen MR) is 75.5 cm³/mol. The second kappa shape index (κ2) is 7.25. The van der Waals surface area contributed by atoms with Crippen molar-refractivity contribution in [3.05, 3.63) is 29.3 Å². The van der Waals surface area contributed by atoms with Crippen LogP contribution >= 0.6 is 0 Å². The molecule has 1 aliphatic rings. The molecule has 0 unspecified atom stereocenters. The zero-order valence-electron chi connectivity index (χ0n) is 13.3. The summed E-state index contributed by atoms with van der Waals surface area (Å²) in [6, 6.07) is 3.76. The number of nitrogens with zero attached hydrogens (tertiary/aromatic N) is 1. The van der Waals surface area contributed by atoms with Crippen LogP contribution in [-0.4, -0.2) is 30.1 Å². The molecule has 1 aliphatic heterocycles. The van der Waals surface area contributed by atoms with E-state index in [4.69, 9.17) is 4.74 Å². The van der Waals surface area contributed by atoms with Crippen molar-refractivity contribution in [3.63, 3.8) is 0 Å². The molecule has 0 atom stereocenters. The topological polar surface area (TPSA) is 29.5 Å². The second-order valence-corrected chi connectivity index (χ2v) is 6.25. The molecule has 0 aliphatic carbocycles. The van der Waals surface area contributed by atoms with Crippen molar-refractivity contribution in [1.29, 1.82) is 0 Å². The number of benzene rings is 1. The normalized spacial score (nSPS) is 14.9. The van der Waals surface area contributed by atoms with Gasteiger partial charge in [-0.15, -0.1) is 5.46 Å². The number of carbonyl (C=O) groups excluding carboxylic acids is 1. The van der Waals surface area contributed by atoms with E-state index in [1.807, 2.05) is 0 Å². The fourth-order valence-corrected chi connectivity index (χ4v) is 2.26. The van der Waals surface area contributed by atoms with Crippen LogP contribution in [0.1, 0.15) is 31.9 Å². The molecule has 1 aromatic rings. The molecule has 22 heavy (non-hydrogen) atoms. The van der Waals surface area contributed by atoms with Crippen LogP contribution in [0.25, 0.3) is 0 Å². The Hall–Kier alpha value is -0.0187. The van der Waals surface area contributed by atoms with E-state index in [0.29, 0.717) is 18.5 Å². The van der Waals surface area contributed by atoms with Crippen LogP contribution in [0.15, 0.2) is 18.2 Å². The largest absolute Gasteiger partial charge is 1.00 e. The Bertz CT molecular complexity index is 558. The van der Waals surface area contributed by atoms with Gasteiger partial charge < -0.3 is 22.6 Å². The Morgan fingerprint density at radius 2 is 1.86 bits per heavy atom. The molecule has 0 bridgehead atoms. The van der Waals surface area contributed by atoms with Gasteiger partial charge in [-0.2, -0.15) is 0 Å². The molecule has 1 amide bonds. The first-order chi connectivity index (χ1) is 9.56. The summed E-state index contributed by atoms with van der Waals surface area (Å²) in [5.74, 6) is 0. The van der Waals surface area contributed by atoms with Gasteiger partial charge in [0.15, 0.2) is 0 Å². The predicted octanol–water partition coefficient (Wildman–Crippen LogP) is 0.0382. The van der Waals surface area contributed by atoms with Crippen molar-refractivity contribution in [2.75, 3.05) is 6.54 Å². The molecule has 0 spiro atoms. The SMILES string of the molecule is CC(C)(C)OC(=O)N1CCc2ccc([B-](F)(F)F)cc2C1.[K+]. The molecule has 0 fully saturated rings. The fraction of sp³-hybridized carbons (Fsp3) is 0.500. The minimum atomic E-state index is -5.02. The summed E-state index contributed by atoms with van der Waals surface area (Å²) in [7, 11) is 0. The Morgan fingerprint density at radius 3 is 2.41 bits per heavy atom. The average molecular weight is 339 g/mol. The summed E-state index contributed by atoms with van der Waals surface area (Å²) < 4.78 is 43.6. The van der Waals surface area contributed by atoms with Gasteiger partial charge in [0, 0.05) is 13.1 Å². The average Bonchev–Trinajstić information content (AvgIpc) is 2.34. The maximum absolute atomic E-state index is 12.8. The van der Waals surface area contributed by atoms with Gasteiger partial charge >= 0.3 is 64.5 Å². The van der Waals surface area contributed by atoms with E-state index in [1.165, 1.54) is 11.0 Å². The van der Waals surface area contributed by atoms with E-state index in [-0.39, 0.29) is 57.9 Å². The third-order valence-electron chi connectivity index (χ3n) is 3.27.